The monoisotopic (exact) mass is 1030 g/mol. The zero-order valence-electron chi connectivity index (χ0n) is 42.3. The van der Waals surface area contributed by atoms with Gasteiger partial charge in [-0.3, -0.25) is 38.6 Å². The fourth-order valence-electron chi connectivity index (χ4n) is 9.25. The Morgan fingerprint density at radius 1 is 0.507 bits per heavy atom. The van der Waals surface area contributed by atoms with Gasteiger partial charge in [0.2, 0.25) is 11.8 Å². The van der Waals surface area contributed by atoms with Crippen molar-refractivity contribution in [3.63, 3.8) is 0 Å². The Bertz CT molecular complexity index is 1980. The zero-order valence-corrected chi connectivity index (χ0v) is 44.5. The van der Waals surface area contributed by atoms with E-state index in [1.807, 2.05) is 7.05 Å². The molecule has 2 atom stereocenters. The van der Waals surface area contributed by atoms with Crippen molar-refractivity contribution in [3.8, 4) is 0 Å². The topological polar surface area (TPSA) is 136 Å². The van der Waals surface area contributed by atoms with Gasteiger partial charge < -0.3 is 45.2 Å². The molecule has 0 spiro atoms. The molecule has 11 nitrogen and oxygen atoms in total. The van der Waals surface area contributed by atoms with E-state index in [1.165, 1.54) is 48.3 Å². The van der Waals surface area contributed by atoms with Gasteiger partial charge in [0.15, 0.2) is 0 Å². The Morgan fingerprint density at radius 3 is 1.25 bits per heavy atom. The maximum absolute atomic E-state index is 13.7. The summed E-state index contributed by atoms with van der Waals surface area (Å²) in [6.07, 6.45) is 36.5. The average Bonchev–Trinajstić information content (AvgIpc) is 4.15. The zero-order chi connectivity index (χ0) is 44.4. The van der Waals surface area contributed by atoms with Gasteiger partial charge in [-0.1, -0.05) is 67.9 Å². The van der Waals surface area contributed by atoms with Crippen molar-refractivity contribution in [3.05, 3.63) is 125 Å². The van der Waals surface area contributed by atoms with E-state index < -0.39 is 23.6 Å². The van der Waals surface area contributed by atoms with Crippen LogP contribution in [0, 0.1) is 41.5 Å². The normalized spacial score (nSPS) is 17.6. The van der Waals surface area contributed by atoms with Crippen LogP contribution in [0.1, 0.15) is 163 Å². The molecular formula is C56H81Fe2N5O6. The Balaban J connectivity index is 0.00000257. The molecule has 4 aliphatic carbocycles. The van der Waals surface area contributed by atoms with Crippen LogP contribution < -0.4 is 10.6 Å². The average molecular weight is 1030 g/mol. The van der Waals surface area contributed by atoms with Gasteiger partial charge >= 0.3 is 34.1 Å². The molecule has 69 heavy (non-hydrogen) atoms. The molecule has 2 heterocycles. The number of benzene rings is 2. The second kappa shape index (κ2) is 34.2. The van der Waals surface area contributed by atoms with Crippen LogP contribution in [0.2, 0.25) is 0 Å². The number of nitrogens with one attached hydrogen (secondary N) is 2. The molecular weight excluding hydrogens is 950 g/mol. The first-order chi connectivity index (χ1) is 30.7. The number of hydrogen-bond acceptors (Lipinski definition) is 7. The van der Waals surface area contributed by atoms with Crippen molar-refractivity contribution in [1.29, 1.82) is 0 Å². The number of imide groups is 2. The first-order valence-electron chi connectivity index (χ1n) is 23.9. The molecule has 0 fully saturated rings. The molecule has 0 bridgehead atoms. The molecule has 0 radical (unpaired) electrons. The molecule has 0 saturated carbocycles. The summed E-state index contributed by atoms with van der Waals surface area (Å²) in [6, 6.07) is 6.47. The van der Waals surface area contributed by atoms with Gasteiger partial charge in [-0.2, -0.15) is 0 Å². The van der Waals surface area contributed by atoms with E-state index in [-0.39, 0.29) is 82.2 Å². The summed E-state index contributed by atoms with van der Waals surface area (Å²) in [5.41, 5.74) is 1.34. The number of carbonyl (C=O) groups excluding carboxylic acids is 6. The summed E-state index contributed by atoms with van der Waals surface area (Å²) in [6.45, 7) is 3.26. The molecule has 2 aromatic carbocycles. The Hall–Kier alpha value is -4.12. The molecule has 0 saturated heterocycles. The van der Waals surface area contributed by atoms with Crippen LogP contribution in [-0.4, -0.2) is 96.5 Å². The molecule has 13 heteroatoms. The van der Waals surface area contributed by atoms with E-state index in [0.717, 1.165) is 64.3 Å². The first-order valence-corrected chi connectivity index (χ1v) is 23.9. The van der Waals surface area contributed by atoms with E-state index in [2.05, 4.69) is 64.1 Å². The van der Waals surface area contributed by atoms with E-state index >= 15 is 0 Å². The van der Waals surface area contributed by atoms with E-state index in [0.29, 0.717) is 96.7 Å². The number of rotatable bonds is 20. The second-order valence-corrected chi connectivity index (χ2v) is 17.8. The van der Waals surface area contributed by atoms with E-state index in [4.69, 9.17) is 0 Å². The van der Waals surface area contributed by atoms with E-state index in [1.54, 1.807) is 24.3 Å². The van der Waals surface area contributed by atoms with Crippen LogP contribution in [-0.2, 0) is 43.7 Å². The summed E-state index contributed by atoms with van der Waals surface area (Å²) in [5, 5.41) is 6.80. The van der Waals surface area contributed by atoms with E-state index in [9.17, 15) is 28.8 Å². The Morgan fingerprint density at radius 2 is 0.870 bits per heavy atom. The van der Waals surface area contributed by atoms with Gasteiger partial charge in [0.25, 0.3) is 23.6 Å². The standard InChI is InChI=1S/C42H53N5O6.2C5H8.4CH3.2Fe/c1-45(23-11-22-44-36(49)28-30-15-7-8-16-30)24-12-26-47-41(52)33-19-17-31-37-32(18-20-34(38(33)37)42(47)53)40(51)46(39(31)50)25-10-4-2-3-9-21-43-35(48)27-29-13-5-6-14-29;2*1-2-4-5-3-1;;;;;;/h5,7,13,15,17-20,29-30H,2-4,6,8-12,14,16,21-28H2,1H3,(H,43,48)(H,44,49);2*1-2H,3-5H2;4*1H3;;/q;;;4*-1;2*+2/t29-,30-;;;;;;;;/m0......../s1. The summed E-state index contributed by atoms with van der Waals surface area (Å²) in [4.78, 5) is 83.5. The molecule has 6 aliphatic rings. The molecule has 6 amide bonds. The third-order valence-electron chi connectivity index (χ3n) is 12.8. The van der Waals surface area contributed by atoms with Crippen LogP contribution in [0.4, 0.5) is 0 Å². The number of allylic oxidation sites excluding steroid dienone is 8. The molecule has 2 N–H and O–H groups in total. The van der Waals surface area contributed by atoms with Gasteiger partial charge in [0.1, 0.15) is 0 Å². The Kier molecular flexibility index (Phi) is 32.2. The number of nitrogens with zero attached hydrogens (tertiary/aromatic N) is 3. The van der Waals surface area contributed by atoms with Crippen molar-refractivity contribution < 1.29 is 62.9 Å². The molecule has 0 unspecified atom stereocenters. The van der Waals surface area contributed by atoms with Crippen LogP contribution in [0.15, 0.2) is 72.9 Å². The molecule has 8 rings (SSSR count). The van der Waals surface area contributed by atoms with Crippen molar-refractivity contribution in [2.24, 2.45) is 11.8 Å². The number of hydrogen-bond donors (Lipinski definition) is 2. The summed E-state index contributed by atoms with van der Waals surface area (Å²) < 4.78 is 0. The maximum atomic E-state index is 13.7. The largest absolute Gasteiger partial charge is 2.00 e. The smallest absolute Gasteiger partial charge is 0.358 e. The number of carbonyl (C=O) groups is 6. The van der Waals surface area contributed by atoms with Gasteiger partial charge in [-0.25, -0.2) is 0 Å². The van der Waals surface area contributed by atoms with Crippen molar-refractivity contribution in [1.82, 2.24) is 25.3 Å². The Labute approximate surface area is 437 Å². The van der Waals surface area contributed by atoms with Crippen molar-refractivity contribution in [2.45, 2.75) is 122 Å². The van der Waals surface area contributed by atoms with Gasteiger partial charge in [0.05, 0.1) is 0 Å². The minimum atomic E-state index is -0.415. The van der Waals surface area contributed by atoms with Crippen LogP contribution in [0.5, 0.6) is 0 Å². The van der Waals surface area contributed by atoms with Crippen molar-refractivity contribution in [2.75, 3.05) is 46.3 Å². The van der Waals surface area contributed by atoms with Crippen LogP contribution in [0.3, 0.4) is 0 Å². The minimum absolute atomic E-state index is 0. The number of unbranched alkanes of at least 4 members (excludes halogenated alkanes) is 4. The minimum Gasteiger partial charge on any atom is -0.358 e. The fourth-order valence-corrected chi connectivity index (χ4v) is 9.25. The SMILES string of the molecule is C1=CCCC1.C1=CCCC1.CN(CCCNC(=O)C[C@H]1C=CCC1)CCCN1C(=O)c2ccc3c4c(ccc(c24)C1=O)C(=O)N(CCCCCCCNC(=O)C[C@H]1C=CCC1)C3=O.[CH3-].[CH3-].[CH3-].[CH3-].[Fe+2].[Fe+2]. The first kappa shape index (κ1) is 64.9. The van der Waals surface area contributed by atoms with Gasteiger partial charge in [-0.05, 0) is 146 Å². The molecule has 2 aliphatic heterocycles. The molecule has 2 aromatic rings. The maximum Gasteiger partial charge on any atom is 2.00 e. The summed E-state index contributed by atoms with van der Waals surface area (Å²) in [5.74, 6) is -0.720. The third-order valence-corrected chi connectivity index (χ3v) is 12.8. The van der Waals surface area contributed by atoms with Gasteiger partial charge in [0, 0.05) is 72.0 Å². The fraction of sp³-hybridized carbons (Fsp3) is 0.500. The predicted molar refractivity (Wildman–Crippen MR) is 275 cm³/mol. The second-order valence-electron chi connectivity index (χ2n) is 17.8. The summed E-state index contributed by atoms with van der Waals surface area (Å²) in [7, 11) is 1.99. The quantitative estimate of drug-likeness (QED) is 0.0443. The third kappa shape index (κ3) is 18.9. The van der Waals surface area contributed by atoms with Crippen LogP contribution >= 0.6 is 0 Å². The summed E-state index contributed by atoms with van der Waals surface area (Å²) >= 11 is 0. The van der Waals surface area contributed by atoms with Crippen LogP contribution in [0.25, 0.3) is 10.8 Å². The molecule has 0 aromatic heterocycles. The molecule has 382 valence electrons. The predicted octanol–water partition coefficient (Wildman–Crippen LogP) is 10.9. The number of amides is 6. The van der Waals surface area contributed by atoms with Gasteiger partial charge in [-0.15, -0.1) is 0 Å². The van der Waals surface area contributed by atoms with Crippen molar-refractivity contribution >= 4 is 46.2 Å².